The molecular weight excluding hydrogens is 353 g/mol. The highest BCUT2D eigenvalue weighted by molar-refractivity contribution is 5.40. The van der Waals surface area contributed by atoms with Crippen LogP contribution in [-0.2, 0) is 16.7 Å². The molecule has 2 aromatic rings. The second-order valence-corrected chi connectivity index (χ2v) is 8.21. The normalized spacial score (nSPS) is 22.4. The van der Waals surface area contributed by atoms with Gasteiger partial charge in [0.15, 0.2) is 0 Å². The Bertz CT molecular complexity index is 764. The lowest BCUT2D eigenvalue weighted by Gasteiger charge is -2.43. The molecule has 0 unspecified atom stereocenters. The third-order valence-corrected chi connectivity index (χ3v) is 6.08. The van der Waals surface area contributed by atoms with Crippen molar-refractivity contribution in [1.82, 2.24) is 0 Å². The summed E-state index contributed by atoms with van der Waals surface area (Å²) < 4.78 is 25.7. The molecule has 1 aliphatic heterocycles. The fourth-order valence-corrected chi connectivity index (χ4v) is 4.37. The molecule has 0 aliphatic carbocycles. The van der Waals surface area contributed by atoms with Crippen LogP contribution in [0.1, 0.15) is 44.2 Å². The molecule has 2 atom stereocenters. The van der Waals surface area contributed by atoms with Gasteiger partial charge in [0.05, 0.1) is 19.8 Å². The second-order valence-electron chi connectivity index (χ2n) is 8.21. The summed E-state index contributed by atoms with van der Waals surface area (Å²) in [5, 5.41) is 2.22. The van der Waals surface area contributed by atoms with Crippen LogP contribution in [0.25, 0.3) is 0 Å². The molecule has 152 valence electrons. The fraction of sp³-hybridized carbons (Fsp3) is 0.500. The number of nitrogens with two attached hydrogens (primary N) is 1. The number of quaternary nitrogens is 1. The lowest BCUT2D eigenvalue weighted by Crippen LogP contribution is -2.83. The van der Waals surface area contributed by atoms with Crippen LogP contribution < -0.4 is 10.1 Å². The molecule has 0 saturated carbocycles. The van der Waals surface area contributed by atoms with Crippen LogP contribution in [-0.4, -0.2) is 26.4 Å². The number of methoxy groups -OCH3 is 1. The first-order valence-electron chi connectivity index (χ1n) is 10.4. The lowest BCUT2D eigenvalue weighted by molar-refractivity contribution is -0.672. The van der Waals surface area contributed by atoms with Crippen molar-refractivity contribution >= 4 is 0 Å². The summed E-state index contributed by atoms with van der Waals surface area (Å²) in [6.45, 7) is 6.84. The number of para-hydroxylation sites is 1. The van der Waals surface area contributed by atoms with E-state index in [0.29, 0.717) is 12.5 Å². The molecular formula is C24H33FNO2+. The molecule has 3 rings (SSSR count). The molecule has 2 aromatic carbocycles. The number of hydrogen-bond acceptors (Lipinski definition) is 2. The number of halogens is 1. The molecule has 28 heavy (non-hydrogen) atoms. The fourth-order valence-electron chi connectivity index (χ4n) is 4.37. The van der Waals surface area contributed by atoms with Crippen LogP contribution in [0.2, 0.25) is 0 Å². The van der Waals surface area contributed by atoms with Crippen LogP contribution in [0.5, 0.6) is 5.75 Å². The van der Waals surface area contributed by atoms with Gasteiger partial charge < -0.3 is 14.8 Å². The summed E-state index contributed by atoms with van der Waals surface area (Å²) >= 11 is 0. The van der Waals surface area contributed by atoms with E-state index in [1.807, 2.05) is 18.2 Å². The lowest BCUT2D eigenvalue weighted by atomic mass is 9.68. The molecule has 4 heteroatoms. The Kier molecular flexibility index (Phi) is 7.08. The molecule has 0 aromatic heterocycles. The first-order chi connectivity index (χ1) is 13.6. The Hall–Kier alpha value is -1.91. The topological polar surface area (TPSA) is 35.1 Å². The Morgan fingerprint density at radius 2 is 1.93 bits per heavy atom. The number of rotatable bonds is 8. The van der Waals surface area contributed by atoms with Crippen molar-refractivity contribution in [2.75, 3.05) is 20.3 Å². The predicted molar refractivity (Wildman–Crippen MR) is 110 cm³/mol. The summed E-state index contributed by atoms with van der Waals surface area (Å²) in [7, 11) is 1.75. The largest absolute Gasteiger partial charge is 0.496 e. The Balaban J connectivity index is 1.76. The quantitative estimate of drug-likeness (QED) is 0.695. The summed E-state index contributed by atoms with van der Waals surface area (Å²) in [5.41, 5.74) is 2.08. The van der Waals surface area contributed by atoms with E-state index in [-0.39, 0.29) is 17.3 Å². The van der Waals surface area contributed by atoms with E-state index in [1.165, 1.54) is 11.6 Å². The first kappa shape index (κ1) is 20.8. The zero-order valence-corrected chi connectivity index (χ0v) is 17.3. The zero-order chi connectivity index (χ0) is 20.0. The Labute approximate surface area is 168 Å². The predicted octanol–water partition coefficient (Wildman–Crippen LogP) is 4.06. The van der Waals surface area contributed by atoms with Gasteiger partial charge in [-0.05, 0) is 30.9 Å². The van der Waals surface area contributed by atoms with E-state index in [9.17, 15) is 4.39 Å². The monoisotopic (exact) mass is 386 g/mol. The van der Waals surface area contributed by atoms with Gasteiger partial charge in [0.25, 0.3) is 0 Å². The molecule has 1 saturated heterocycles. The van der Waals surface area contributed by atoms with Gasteiger partial charge in [0.1, 0.15) is 18.1 Å². The summed E-state index contributed by atoms with van der Waals surface area (Å²) in [6, 6.07) is 15.4. The van der Waals surface area contributed by atoms with Crippen LogP contribution >= 0.6 is 0 Å². The SMILES string of the molecule is COc1ccccc1[C@@]1(CC[NH2+]Cc2ccccc2F)CCO[C@@H](C(C)C)C1. The van der Waals surface area contributed by atoms with Crippen molar-refractivity contribution < 1.29 is 19.2 Å². The highest BCUT2D eigenvalue weighted by Gasteiger charge is 2.41. The maximum atomic E-state index is 13.9. The van der Waals surface area contributed by atoms with Gasteiger partial charge in [0, 0.05) is 29.6 Å². The van der Waals surface area contributed by atoms with Crippen LogP contribution in [0.15, 0.2) is 48.5 Å². The van der Waals surface area contributed by atoms with E-state index in [2.05, 4.69) is 37.4 Å². The maximum Gasteiger partial charge on any atom is 0.132 e. The van der Waals surface area contributed by atoms with Crippen molar-refractivity contribution in [3.63, 3.8) is 0 Å². The second kappa shape index (κ2) is 9.53. The van der Waals surface area contributed by atoms with Crippen molar-refractivity contribution in [2.45, 2.75) is 51.2 Å². The van der Waals surface area contributed by atoms with Gasteiger partial charge in [-0.1, -0.05) is 50.2 Å². The molecule has 1 fully saturated rings. The van der Waals surface area contributed by atoms with Crippen molar-refractivity contribution in [1.29, 1.82) is 0 Å². The van der Waals surface area contributed by atoms with E-state index in [1.54, 1.807) is 13.2 Å². The van der Waals surface area contributed by atoms with Gasteiger partial charge in [-0.3, -0.25) is 0 Å². The smallest absolute Gasteiger partial charge is 0.132 e. The third kappa shape index (κ3) is 4.73. The minimum atomic E-state index is -0.121. The maximum absolute atomic E-state index is 13.9. The van der Waals surface area contributed by atoms with Gasteiger partial charge in [0.2, 0.25) is 0 Å². The summed E-state index contributed by atoms with van der Waals surface area (Å²) in [4.78, 5) is 0. The molecule has 0 amide bonds. The average Bonchev–Trinajstić information content (AvgIpc) is 2.72. The standard InChI is InChI=1S/C24H32FNO2/c1-18(2)23-16-24(13-15-28-23,20-9-5-7-11-22(20)27-3)12-14-26-17-19-8-4-6-10-21(19)25/h4-11,18,23,26H,12-17H2,1-3H3/p+1/t23-,24+/m1/s1. The average molecular weight is 387 g/mol. The minimum Gasteiger partial charge on any atom is -0.496 e. The van der Waals surface area contributed by atoms with Crippen molar-refractivity contribution in [3.05, 3.63) is 65.5 Å². The Morgan fingerprint density at radius 1 is 1.18 bits per heavy atom. The first-order valence-corrected chi connectivity index (χ1v) is 10.4. The van der Waals surface area contributed by atoms with Crippen molar-refractivity contribution in [2.24, 2.45) is 5.92 Å². The van der Waals surface area contributed by atoms with Gasteiger partial charge in [-0.15, -0.1) is 0 Å². The molecule has 0 bridgehead atoms. The van der Waals surface area contributed by atoms with E-state index >= 15 is 0 Å². The van der Waals surface area contributed by atoms with E-state index in [0.717, 1.165) is 43.7 Å². The molecule has 0 radical (unpaired) electrons. The van der Waals surface area contributed by atoms with Crippen LogP contribution in [0, 0.1) is 11.7 Å². The van der Waals surface area contributed by atoms with Crippen molar-refractivity contribution in [3.8, 4) is 5.75 Å². The van der Waals surface area contributed by atoms with Gasteiger partial charge in [-0.2, -0.15) is 0 Å². The minimum absolute atomic E-state index is 0.0333. The van der Waals surface area contributed by atoms with E-state index < -0.39 is 0 Å². The number of hydrogen-bond donors (Lipinski definition) is 1. The van der Waals surface area contributed by atoms with Crippen LogP contribution in [0.4, 0.5) is 4.39 Å². The highest BCUT2D eigenvalue weighted by Crippen LogP contribution is 2.44. The van der Waals surface area contributed by atoms with Crippen LogP contribution in [0.3, 0.4) is 0 Å². The zero-order valence-electron chi connectivity index (χ0n) is 17.3. The van der Waals surface area contributed by atoms with E-state index in [4.69, 9.17) is 9.47 Å². The highest BCUT2D eigenvalue weighted by atomic mass is 19.1. The van der Waals surface area contributed by atoms with Gasteiger partial charge >= 0.3 is 0 Å². The van der Waals surface area contributed by atoms with Gasteiger partial charge in [-0.25, -0.2) is 4.39 Å². The molecule has 0 spiro atoms. The molecule has 2 N–H and O–H groups in total. The third-order valence-electron chi connectivity index (χ3n) is 6.08. The molecule has 1 heterocycles. The molecule has 3 nitrogen and oxygen atoms in total. The Morgan fingerprint density at radius 3 is 2.68 bits per heavy atom. The summed E-state index contributed by atoms with van der Waals surface area (Å²) in [6.07, 6.45) is 3.27. The molecule has 1 aliphatic rings. The number of ether oxygens (including phenoxy) is 2. The summed E-state index contributed by atoms with van der Waals surface area (Å²) in [5.74, 6) is 1.32. The number of benzene rings is 2.